The Labute approximate surface area is 144 Å². The molecular formula is C21H16N2O2. The Morgan fingerprint density at radius 3 is 2.48 bits per heavy atom. The predicted octanol–water partition coefficient (Wildman–Crippen LogP) is 4.25. The van der Waals surface area contributed by atoms with Crippen molar-refractivity contribution in [2.45, 2.75) is 6.54 Å². The van der Waals surface area contributed by atoms with Crippen LogP contribution in [0.5, 0.6) is 0 Å². The molecule has 0 saturated carbocycles. The highest BCUT2D eigenvalue weighted by Gasteiger charge is 2.11. The molecule has 0 atom stereocenters. The van der Waals surface area contributed by atoms with E-state index < -0.39 is 0 Å². The van der Waals surface area contributed by atoms with E-state index in [1.165, 1.54) is 0 Å². The average Bonchev–Trinajstić information content (AvgIpc) is 3.00. The fourth-order valence-electron chi connectivity index (χ4n) is 3.18. The molecule has 0 fully saturated rings. The van der Waals surface area contributed by atoms with Crippen LogP contribution in [0.25, 0.3) is 21.7 Å². The van der Waals surface area contributed by atoms with Gasteiger partial charge in [-0.1, -0.05) is 54.6 Å². The lowest BCUT2D eigenvalue weighted by molar-refractivity contribution is -0.116. The van der Waals surface area contributed by atoms with Gasteiger partial charge in [-0.05, 0) is 17.5 Å². The first kappa shape index (κ1) is 15.1. The van der Waals surface area contributed by atoms with Gasteiger partial charge >= 0.3 is 0 Å². The summed E-state index contributed by atoms with van der Waals surface area (Å²) in [7, 11) is 0. The summed E-state index contributed by atoms with van der Waals surface area (Å²) < 4.78 is 1.81. The number of nitrogens with one attached hydrogen (secondary N) is 1. The van der Waals surface area contributed by atoms with Gasteiger partial charge in [-0.3, -0.25) is 9.59 Å². The molecule has 0 unspecified atom stereocenters. The summed E-state index contributed by atoms with van der Waals surface area (Å²) in [6.07, 6.45) is 2.54. The smallest absolute Gasteiger partial charge is 0.244 e. The molecule has 1 heterocycles. The van der Waals surface area contributed by atoms with Crippen LogP contribution < -0.4 is 5.32 Å². The van der Waals surface area contributed by atoms with Crippen molar-refractivity contribution in [2.75, 3.05) is 5.32 Å². The van der Waals surface area contributed by atoms with E-state index >= 15 is 0 Å². The molecule has 4 nitrogen and oxygen atoms in total. The molecular weight excluding hydrogens is 312 g/mol. The van der Waals surface area contributed by atoms with Gasteiger partial charge in [0, 0.05) is 33.7 Å². The molecule has 1 aromatic heterocycles. The van der Waals surface area contributed by atoms with Gasteiger partial charge in [0.15, 0.2) is 6.29 Å². The first-order valence-corrected chi connectivity index (χ1v) is 8.07. The number of hydrogen-bond donors (Lipinski definition) is 1. The number of hydrogen-bond acceptors (Lipinski definition) is 2. The maximum absolute atomic E-state index is 12.5. The van der Waals surface area contributed by atoms with Gasteiger partial charge in [0.25, 0.3) is 0 Å². The molecule has 1 amide bonds. The minimum Gasteiger partial charge on any atom is -0.337 e. The number of benzene rings is 3. The number of nitrogens with zero attached hydrogens (tertiary/aromatic N) is 1. The Hall–Kier alpha value is -3.40. The lowest BCUT2D eigenvalue weighted by Gasteiger charge is -2.10. The molecule has 4 aromatic rings. The molecule has 122 valence electrons. The average molecular weight is 328 g/mol. The first-order valence-electron chi connectivity index (χ1n) is 8.07. The molecule has 0 radical (unpaired) electrons. The number of fused-ring (bicyclic) bond motifs is 2. The summed E-state index contributed by atoms with van der Waals surface area (Å²) in [5, 5.41) is 5.92. The molecule has 0 saturated heterocycles. The highest BCUT2D eigenvalue weighted by atomic mass is 16.2. The highest BCUT2D eigenvalue weighted by Crippen LogP contribution is 2.24. The van der Waals surface area contributed by atoms with Crippen molar-refractivity contribution in [2.24, 2.45) is 0 Å². The van der Waals surface area contributed by atoms with Crippen LogP contribution in [-0.4, -0.2) is 16.8 Å². The maximum Gasteiger partial charge on any atom is 0.244 e. The van der Waals surface area contributed by atoms with E-state index in [4.69, 9.17) is 0 Å². The van der Waals surface area contributed by atoms with Crippen LogP contribution in [0, 0.1) is 0 Å². The minimum absolute atomic E-state index is 0.130. The van der Waals surface area contributed by atoms with E-state index in [2.05, 4.69) is 5.32 Å². The van der Waals surface area contributed by atoms with Crippen LogP contribution in [0.2, 0.25) is 0 Å². The van der Waals surface area contributed by atoms with Gasteiger partial charge < -0.3 is 9.88 Å². The number of rotatable bonds is 4. The molecule has 3 aromatic carbocycles. The Morgan fingerprint density at radius 2 is 1.64 bits per heavy atom. The lowest BCUT2D eigenvalue weighted by atomic mass is 10.1. The Bertz CT molecular complexity index is 1090. The number of amides is 1. The molecule has 0 bridgehead atoms. The van der Waals surface area contributed by atoms with Crippen LogP contribution in [0.15, 0.2) is 72.9 Å². The minimum atomic E-state index is -0.130. The number of para-hydroxylation sites is 1. The van der Waals surface area contributed by atoms with Crippen molar-refractivity contribution in [1.29, 1.82) is 0 Å². The van der Waals surface area contributed by atoms with Gasteiger partial charge in [-0.25, -0.2) is 0 Å². The van der Waals surface area contributed by atoms with Crippen LogP contribution >= 0.6 is 0 Å². The standard InChI is InChI=1S/C21H16N2O2/c24-14-16-12-23(20-11-4-3-9-18(16)20)13-21(25)22-19-10-5-7-15-6-1-2-8-17(15)19/h1-12,14H,13H2,(H,22,25). The third-order valence-corrected chi connectivity index (χ3v) is 4.32. The van der Waals surface area contributed by atoms with Crippen molar-refractivity contribution in [3.05, 3.63) is 78.5 Å². The van der Waals surface area contributed by atoms with E-state index in [-0.39, 0.29) is 12.5 Å². The van der Waals surface area contributed by atoms with Crippen LogP contribution in [-0.2, 0) is 11.3 Å². The van der Waals surface area contributed by atoms with Crippen molar-refractivity contribution in [1.82, 2.24) is 4.57 Å². The molecule has 1 N–H and O–H groups in total. The Kier molecular flexibility index (Phi) is 3.78. The van der Waals surface area contributed by atoms with E-state index in [1.54, 1.807) is 10.8 Å². The first-order chi connectivity index (χ1) is 12.3. The van der Waals surface area contributed by atoms with Gasteiger partial charge in [-0.2, -0.15) is 0 Å². The number of carbonyl (C=O) groups excluding carboxylic acids is 2. The van der Waals surface area contributed by atoms with Gasteiger partial charge in [0.2, 0.25) is 5.91 Å². The fourth-order valence-corrected chi connectivity index (χ4v) is 3.18. The van der Waals surface area contributed by atoms with Gasteiger partial charge in [0.05, 0.1) is 0 Å². The summed E-state index contributed by atoms with van der Waals surface area (Å²) in [4.78, 5) is 23.8. The molecule has 0 spiro atoms. The molecule has 4 heteroatoms. The lowest BCUT2D eigenvalue weighted by Crippen LogP contribution is -2.18. The van der Waals surface area contributed by atoms with Crippen molar-refractivity contribution in [3.63, 3.8) is 0 Å². The number of aldehydes is 1. The quantitative estimate of drug-likeness (QED) is 0.570. The third kappa shape index (κ3) is 2.78. The van der Waals surface area contributed by atoms with Crippen molar-refractivity contribution in [3.8, 4) is 0 Å². The summed E-state index contributed by atoms with van der Waals surface area (Å²) in [5.41, 5.74) is 2.25. The summed E-state index contributed by atoms with van der Waals surface area (Å²) in [5.74, 6) is -0.130. The third-order valence-electron chi connectivity index (χ3n) is 4.32. The van der Waals surface area contributed by atoms with Crippen LogP contribution in [0.3, 0.4) is 0 Å². The zero-order valence-corrected chi connectivity index (χ0v) is 13.5. The summed E-state index contributed by atoms with van der Waals surface area (Å²) in [6.45, 7) is 0.150. The van der Waals surface area contributed by atoms with Gasteiger partial charge in [0.1, 0.15) is 6.54 Å². The number of carbonyl (C=O) groups is 2. The largest absolute Gasteiger partial charge is 0.337 e. The molecule has 0 aliphatic carbocycles. The second-order valence-corrected chi connectivity index (χ2v) is 5.92. The molecule has 25 heavy (non-hydrogen) atoms. The molecule has 0 aliphatic heterocycles. The summed E-state index contributed by atoms with van der Waals surface area (Å²) >= 11 is 0. The monoisotopic (exact) mass is 328 g/mol. The van der Waals surface area contributed by atoms with Crippen molar-refractivity contribution < 1.29 is 9.59 Å². The topological polar surface area (TPSA) is 51.1 Å². The molecule has 0 aliphatic rings. The summed E-state index contributed by atoms with van der Waals surface area (Å²) in [6, 6.07) is 21.3. The normalized spacial score (nSPS) is 10.9. The second kappa shape index (κ2) is 6.24. The van der Waals surface area contributed by atoms with E-state index in [0.29, 0.717) is 5.56 Å². The zero-order valence-electron chi connectivity index (χ0n) is 13.5. The Morgan fingerprint density at radius 1 is 0.920 bits per heavy atom. The second-order valence-electron chi connectivity index (χ2n) is 5.92. The number of anilines is 1. The zero-order chi connectivity index (χ0) is 17.2. The fraction of sp³-hybridized carbons (Fsp3) is 0.0476. The van der Waals surface area contributed by atoms with E-state index in [1.807, 2.05) is 66.7 Å². The highest BCUT2D eigenvalue weighted by molar-refractivity contribution is 6.03. The van der Waals surface area contributed by atoms with E-state index in [9.17, 15) is 9.59 Å². The van der Waals surface area contributed by atoms with E-state index in [0.717, 1.165) is 33.6 Å². The predicted molar refractivity (Wildman–Crippen MR) is 99.9 cm³/mol. The van der Waals surface area contributed by atoms with Crippen molar-refractivity contribution >= 4 is 39.6 Å². The van der Waals surface area contributed by atoms with Crippen LogP contribution in [0.1, 0.15) is 10.4 Å². The van der Waals surface area contributed by atoms with Crippen LogP contribution in [0.4, 0.5) is 5.69 Å². The Balaban J connectivity index is 1.64. The maximum atomic E-state index is 12.5. The SMILES string of the molecule is O=Cc1cn(CC(=O)Nc2cccc3ccccc23)c2ccccc12. The number of aromatic nitrogens is 1. The molecule has 4 rings (SSSR count). The van der Waals surface area contributed by atoms with Gasteiger partial charge in [-0.15, -0.1) is 0 Å².